The third kappa shape index (κ3) is 2.67. The van der Waals surface area contributed by atoms with Gasteiger partial charge in [0.25, 0.3) is 0 Å². The van der Waals surface area contributed by atoms with Crippen molar-refractivity contribution in [2.45, 2.75) is 19.4 Å². The second-order valence-corrected chi connectivity index (χ2v) is 5.27. The molecular formula is C13H13N5OS. The second-order valence-electron chi connectivity index (χ2n) is 4.46. The molecule has 0 spiro atoms. The van der Waals surface area contributed by atoms with Crippen LogP contribution in [0.15, 0.2) is 36.2 Å². The van der Waals surface area contributed by atoms with Gasteiger partial charge >= 0.3 is 0 Å². The van der Waals surface area contributed by atoms with Gasteiger partial charge in [-0.25, -0.2) is 9.50 Å². The Morgan fingerprint density at radius 3 is 3.20 bits per heavy atom. The number of amides is 1. The smallest absolute Gasteiger partial charge is 0.225 e. The second kappa shape index (κ2) is 5.38. The standard InChI is InChI=1S/C13H13N5OS/c1-9(11-7-18-13(17-11)20-8-15-18)16-12(19)5-10-3-2-4-14-6-10/h2-4,6-9H,5H2,1H3,(H,16,19)/t9-/m0/s1. The Morgan fingerprint density at radius 2 is 2.45 bits per heavy atom. The molecule has 0 aliphatic heterocycles. The third-order valence-electron chi connectivity index (χ3n) is 2.91. The van der Waals surface area contributed by atoms with Gasteiger partial charge in [-0.15, -0.1) is 0 Å². The molecule has 1 amide bonds. The van der Waals surface area contributed by atoms with Crippen LogP contribution in [0.3, 0.4) is 0 Å². The number of nitrogens with zero attached hydrogens (tertiary/aromatic N) is 4. The van der Waals surface area contributed by atoms with E-state index in [0.717, 1.165) is 16.2 Å². The van der Waals surface area contributed by atoms with Gasteiger partial charge in [0.05, 0.1) is 24.4 Å². The first-order valence-corrected chi connectivity index (χ1v) is 7.07. The number of rotatable bonds is 4. The number of pyridine rings is 1. The number of aromatic nitrogens is 4. The summed E-state index contributed by atoms with van der Waals surface area (Å²) in [5, 5.41) is 7.05. The van der Waals surface area contributed by atoms with Crippen molar-refractivity contribution in [3.05, 3.63) is 47.5 Å². The van der Waals surface area contributed by atoms with Crippen molar-refractivity contribution in [1.82, 2.24) is 24.9 Å². The summed E-state index contributed by atoms with van der Waals surface area (Å²) in [5.41, 5.74) is 3.44. The first-order chi connectivity index (χ1) is 9.72. The lowest BCUT2D eigenvalue weighted by molar-refractivity contribution is -0.121. The van der Waals surface area contributed by atoms with E-state index in [0.29, 0.717) is 6.42 Å². The normalized spacial score (nSPS) is 12.4. The number of carbonyl (C=O) groups is 1. The van der Waals surface area contributed by atoms with E-state index in [1.807, 2.05) is 25.3 Å². The Kier molecular flexibility index (Phi) is 3.42. The van der Waals surface area contributed by atoms with E-state index in [9.17, 15) is 4.79 Å². The van der Waals surface area contributed by atoms with E-state index in [4.69, 9.17) is 0 Å². The highest BCUT2D eigenvalue weighted by Crippen LogP contribution is 2.15. The van der Waals surface area contributed by atoms with Crippen LogP contribution in [-0.4, -0.2) is 25.5 Å². The fourth-order valence-corrected chi connectivity index (χ4v) is 2.53. The molecule has 7 heteroatoms. The Bertz CT molecular complexity index is 692. The zero-order valence-electron chi connectivity index (χ0n) is 10.9. The van der Waals surface area contributed by atoms with Gasteiger partial charge in [-0.2, -0.15) is 5.10 Å². The number of hydrogen-bond donors (Lipinski definition) is 1. The first kappa shape index (κ1) is 12.7. The zero-order chi connectivity index (χ0) is 13.9. The maximum Gasteiger partial charge on any atom is 0.225 e. The quantitative estimate of drug-likeness (QED) is 0.791. The van der Waals surface area contributed by atoms with Crippen LogP contribution in [0.2, 0.25) is 0 Å². The Morgan fingerprint density at radius 1 is 1.55 bits per heavy atom. The van der Waals surface area contributed by atoms with Crippen molar-refractivity contribution >= 4 is 22.2 Å². The lowest BCUT2D eigenvalue weighted by atomic mass is 10.2. The summed E-state index contributed by atoms with van der Waals surface area (Å²) in [6.45, 7) is 1.91. The van der Waals surface area contributed by atoms with E-state index >= 15 is 0 Å². The highest BCUT2D eigenvalue weighted by Gasteiger charge is 2.14. The van der Waals surface area contributed by atoms with Crippen LogP contribution < -0.4 is 5.32 Å². The number of imidazole rings is 1. The van der Waals surface area contributed by atoms with Crippen LogP contribution in [-0.2, 0) is 11.2 Å². The van der Waals surface area contributed by atoms with Gasteiger partial charge in [0.1, 0.15) is 5.51 Å². The predicted octanol–water partition coefficient (Wildman–Crippen LogP) is 1.61. The maximum absolute atomic E-state index is 12.0. The van der Waals surface area contributed by atoms with E-state index in [-0.39, 0.29) is 11.9 Å². The van der Waals surface area contributed by atoms with Gasteiger partial charge in [0.2, 0.25) is 10.9 Å². The van der Waals surface area contributed by atoms with Crippen LogP contribution in [0, 0.1) is 0 Å². The SMILES string of the molecule is C[C@H](NC(=O)Cc1cccnc1)c1cn2ncsc2n1. The first-order valence-electron chi connectivity index (χ1n) is 6.19. The van der Waals surface area contributed by atoms with E-state index in [1.54, 1.807) is 22.4 Å². The molecule has 0 radical (unpaired) electrons. The molecule has 3 heterocycles. The fourth-order valence-electron chi connectivity index (χ4n) is 1.92. The van der Waals surface area contributed by atoms with Gasteiger partial charge in [-0.1, -0.05) is 17.4 Å². The minimum atomic E-state index is -0.145. The van der Waals surface area contributed by atoms with Crippen LogP contribution >= 0.6 is 11.3 Å². The van der Waals surface area contributed by atoms with Crippen LogP contribution in [0.1, 0.15) is 24.2 Å². The molecular weight excluding hydrogens is 274 g/mol. The Hall–Kier alpha value is -2.28. The fraction of sp³-hybridized carbons (Fsp3) is 0.231. The van der Waals surface area contributed by atoms with E-state index < -0.39 is 0 Å². The molecule has 102 valence electrons. The summed E-state index contributed by atoms with van der Waals surface area (Å²) in [6.07, 6.45) is 5.54. The highest BCUT2D eigenvalue weighted by atomic mass is 32.1. The molecule has 0 saturated carbocycles. The van der Waals surface area contributed by atoms with Crippen LogP contribution in [0.25, 0.3) is 4.96 Å². The molecule has 0 bridgehead atoms. The molecule has 3 rings (SSSR count). The van der Waals surface area contributed by atoms with Crippen molar-refractivity contribution in [1.29, 1.82) is 0 Å². The van der Waals surface area contributed by atoms with Crippen molar-refractivity contribution in [2.75, 3.05) is 0 Å². The topological polar surface area (TPSA) is 72.2 Å². The highest BCUT2D eigenvalue weighted by molar-refractivity contribution is 7.14. The molecule has 0 aromatic carbocycles. The average molecular weight is 287 g/mol. The van der Waals surface area contributed by atoms with Gasteiger partial charge < -0.3 is 5.32 Å². The lowest BCUT2D eigenvalue weighted by Gasteiger charge is -2.11. The number of nitrogens with one attached hydrogen (secondary N) is 1. The molecule has 3 aromatic heterocycles. The van der Waals surface area contributed by atoms with Crippen LogP contribution in [0.5, 0.6) is 0 Å². The van der Waals surface area contributed by atoms with Gasteiger partial charge in [0.15, 0.2) is 0 Å². The third-order valence-corrected chi connectivity index (χ3v) is 3.60. The number of fused-ring (bicyclic) bond motifs is 1. The van der Waals surface area contributed by atoms with Crippen molar-refractivity contribution in [3.8, 4) is 0 Å². The molecule has 0 unspecified atom stereocenters. The Balaban J connectivity index is 1.65. The Labute approximate surface area is 119 Å². The molecule has 20 heavy (non-hydrogen) atoms. The summed E-state index contributed by atoms with van der Waals surface area (Å²) in [5.74, 6) is -0.0465. The molecule has 3 aromatic rings. The predicted molar refractivity (Wildman–Crippen MR) is 75.4 cm³/mol. The summed E-state index contributed by atoms with van der Waals surface area (Å²) in [7, 11) is 0. The molecule has 0 saturated heterocycles. The van der Waals surface area contributed by atoms with Crippen molar-refractivity contribution in [3.63, 3.8) is 0 Å². The average Bonchev–Trinajstić information content (AvgIpc) is 3.00. The summed E-state index contributed by atoms with van der Waals surface area (Å²) >= 11 is 1.47. The van der Waals surface area contributed by atoms with Crippen LogP contribution in [0.4, 0.5) is 0 Å². The number of hydrogen-bond acceptors (Lipinski definition) is 5. The van der Waals surface area contributed by atoms with Crippen molar-refractivity contribution < 1.29 is 4.79 Å². The summed E-state index contributed by atoms with van der Waals surface area (Å²) in [6, 6.07) is 3.56. The largest absolute Gasteiger partial charge is 0.348 e. The van der Waals surface area contributed by atoms with Crippen molar-refractivity contribution in [2.24, 2.45) is 0 Å². The molecule has 0 aliphatic carbocycles. The molecule has 1 atom stereocenters. The van der Waals surface area contributed by atoms with Gasteiger partial charge in [-0.3, -0.25) is 9.78 Å². The summed E-state index contributed by atoms with van der Waals surface area (Å²) in [4.78, 5) is 21.2. The van der Waals surface area contributed by atoms with E-state index in [2.05, 4.69) is 20.4 Å². The maximum atomic E-state index is 12.0. The van der Waals surface area contributed by atoms with Gasteiger partial charge in [0, 0.05) is 12.4 Å². The molecule has 0 aliphatic rings. The van der Waals surface area contributed by atoms with Gasteiger partial charge in [-0.05, 0) is 18.6 Å². The minimum absolute atomic E-state index is 0.0465. The zero-order valence-corrected chi connectivity index (χ0v) is 11.7. The monoisotopic (exact) mass is 287 g/mol. The number of carbonyl (C=O) groups excluding carboxylic acids is 1. The summed E-state index contributed by atoms with van der Waals surface area (Å²) < 4.78 is 1.71. The molecule has 6 nitrogen and oxygen atoms in total. The molecule has 0 fully saturated rings. The molecule has 1 N–H and O–H groups in total. The minimum Gasteiger partial charge on any atom is -0.348 e. The van der Waals surface area contributed by atoms with E-state index in [1.165, 1.54) is 11.3 Å². The lowest BCUT2D eigenvalue weighted by Crippen LogP contribution is -2.28.